The highest BCUT2D eigenvalue weighted by Gasteiger charge is 2.52. The Balaban J connectivity index is 1.57. The Morgan fingerprint density at radius 1 is 0.769 bits per heavy atom. The molecule has 3 atom stereocenters. The fourth-order valence-electron chi connectivity index (χ4n) is 7.62. The fraction of sp³-hybridized carbons (Fsp3) is 0.618. The molecule has 1 aliphatic heterocycles. The minimum atomic E-state index is -0.514. The average molecular weight is 566 g/mol. The molecule has 212 valence electrons. The van der Waals surface area contributed by atoms with Gasteiger partial charge in [-0.3, -0.25) is 0 Å². The smallest absolute Gasteiger partial charge is 0.410 e. The molecule has 2 aliphatic carbocycles. The standard InChI is InChI=1S/C34H49NO2P2/c1-33(2,3)37-32(36)35-25-30(39(28-20-12-6-13-21-28)29-22-14-7-15-23-29)24-31(35)34(38,26-16-8-4-9-17-26)27-18-10-5-11-19-27/h4-5,8-11,16-19,28-31H,6-7,12-15,20-25,38H2,1-3H3/t30-,31-/m1/s1. The van der Waals surface area contributed by atoms with Crippen LogP contribution in [0, 0.1) is 0 Å². The van der Waals surface area contributed by atoms with Crippen LogP contribution in [0.25, 0.3) is 0 Å². The van der Waals surface area contributed by atoms with E-state index in [1.54, 1.807) is 0 Å². The first-order valence-corrected chi connectivity index (χ1v) is 17.6. The summed E-state index contributed by atoms with van der Waals surface area (Å²) in [5.74, 6) is 0. The third-order valence-corrected chi connectivity index (χ3v) is 14.3. The molecule has 0 bridgehead atoms. The van der Waals surface area contributed by atoms with Crippen molar-refractivity contribution < 1.29 is 9.53 Å². The van der Waals surface area contributed by atoms with Gasteiger partial charge in [0.05, 0.1) is 11.2 Å². The number of hydrogen-bond acceptors (Lipinski definition) is 2. The molecule has 3 fully saturated rings. The van der Waals surface area contributed by atoms with Crippen LogP contribution >= 0.6 is 17.2 Å². The van der Waals surface area contributed by atoms with Gasteiger partial charge in [0.25, 0.3) is 0 Å². The van der Waals surface area contributed by atoms with Crippen molar-refractivity contribution in [2.45, 2.75) is 125 Å². The zero-order chi connectivity index (χ0) is 27.5. The van der Waals surface area contributed by atoms with Gasteiger partial charge in [0.1, 0.15) is 5.60 Å². The van der Waals surface area contributed by atoms with E-state index >= 15 is 0 Å². The summed E-state index contributed by atoms with van der Waals surface area (Å²) in [7, 11) is 3.10. The Labute approximate surface area is 240 Å². The van der Waals surface area contributed by atoms with Crippen molar-refractivity contribution in [1.29, 1.82) is 0 Å². The van der Waals surface area contributed by atoms with Crippen molar-refractivity contribution in [3.05, 3.63) is 71.8 Å². The Bertz CT molecular complexity index is 1000. The zero-order valence-corrected chi connectivity index (χ0v) is 26.4. The number of likely N-dealkylation sites (tertiary alicyclic amines) is 1. The van der Waals surface area contributed by atoms with Crippen molar-refractivity contribution in [3.63, 3.8) is 0 Å². The molecule has 2 saturated carbocycles. The van der Waals surface area contributed by atoms with E-state index in [9.17, 15) is 4.79 Å². The summed E-state index contributed by atoms with van der Waals surface area (Å²) in [6.45, 7) is 6.82. The van der Waals surface area contributed by atoms with E-state index < -0.39 is 10.8 Å². The van der Waals surface area contributed by atoms with E-state index in [0.29, 0.717) is 5.66 Å². The number of hydrogen-bond donors (Lipinski definition) is 0. The lowest BCUT2D eigenvalue weighted by Crippen LogP contribution is -2.48. The number of carbonyl (C=O) groups excluding carboxylic acids is 1. The van der Waals surface area contributed by atoms with E-state index in [1.165, 1.54) is 75.3 Å². The topological polar surface area (TPSA) is 29.5 Å². The molecule has 2 aromatic carbocycles. The maximum absolute atomic E-state index is 14.0. The highest BCUT2D eigenvalue weighted by Crippen LogP contribution is 2.63. The molecule has 5 rings (SSSR count). The fourth-order valence-corrected chi connectivity index (χ4v) is 12.8. The lowest BCUT2D eigenvalue weighted by atomic mass is 9.82. The van der Waals surface area contributed by atoms with Crippen LogP contribution < -0.4 is 0 Å². The molecule has 0 spiro atoms. The highest BCUT2D eigenvalue weighted by molar-refractivity contribution is 7.60. The molecule has 1 saturated heterocycles. The third-order valence-electron chi connectivity index (χ3n) is 9.35. The number of rotatable bonds is 6. The molecule has 0 N–H and O–H groups in total. The van der Waals surface area contributed by atoms with Crippen LogP contribution in [0.15, 0.2) is 60.7 Å². The third kappa shape index (κ3) is 6.57. The summed E-state index contributed by atoms with van der Waals surface area (Å²) in [5, 5.41) is -0.395. The maximum Gasteiger partial charge on any atom is 0.410 e. The van der Waals surface area contributed by atoms with Crippen molar-refractivity contribution in [3.8, 4) is 0 Å². The van der Waals surface area contributed by atoms with Crippen molar-refractivity contribution in [2.75, 3.05) is 6.54 Å². The van der Waals surface area contributed by atoms with Crippen molar-refractivity contribution in [2.24, 2.45) is 0 Å². The molecule has 1 heterocycles. The highest BCUT2D eigenvalue weighted by atomic mass is 31.1. The normalized spacial score (nSPS) is 23.8. The van der Waals surface area contributed by atoms with Crippen LogP contribution in [-0.2, 0) is 9.89 Å². The number of amides is 1. The first-order valence-electron chi connectivity index (χ1n) is 15.4. The number of carbonyl (C=O) groups is 1. The number of ether oxygens (including phenoxy) is 1. The van der Waals surface area contributed by atoms with E-state index in [1.807, 2.05) is 20.8 Å². The predicted octanol–water partition coefficient (Wildman–Crippen LogP) is 9.33. The van der Waals surface area contributed by atoms with Gasteiger partial charge in [-0.05, 0) is 81.0 Å². The summed E-state index contributed by atoms with van der Waals surface area (Å²) >= 11 is 0. The van der Waals surface area contributed by atoms with Crippen LogP contribution in [0.2, 0.25) is 0 Å². The van der Waals surface area contributed by atoms with Gasteiger partial charge in [0.15, 0.2) is 0 Å². The van der Waals surface area contributed by atoms with Crippen LogP contribution in [0.5, 0.6) is 0 Å². The molecule has 0 aromatic heterocycles. The van der Waals surface area contributed by atoms with Gasteiger partial charge >= 0.3 is 6.09 Å². The summed E-state index contributed by atoms with van der Waals surface area (Å²) in [6.07, 6.45) is 14.9. The molecule has 5 heteroatoms. The molecule has 2 aromatic rings. The Hall–Kier alpha value is -1.43. The predicted molar refractivity (Wildman–Crippen MR) is 169 cm³/mol. The van der Waals surface area contributed by atoms with Crippen molar-refractivity contribution >= 4 is 23.3 Å². The average Bonchev–Trinajstić information content (AvgIpc) is 3.40. The van der Waals surface area contributed by atoms with Gasteiger partial charge in [-0.2, -0.15) is 0 Å². The summed E-state index contributed by atoms with van der Waals surface area (Å²) in [4.78, 5) is 16.2. The Kier molecular flexibility index (Phi) is 9.40. The minimum absolute atomic E-state index is 0.0318. The Morgan fingerprint density at radius 3 is 1.67 bits per heavy atom. The second-order valence-corrected chi connectivity index (χ2v) is 17.2. The molecular weight excluding hydrogens is 516 g/mol. The molecule has 3 aliphatic rings. The van der Waals surface area contributed by atoms with Crippen LogP contribution in [-0.4, -0.2) is 46.2 Å². The molecule has 39 heavy (non-hydrogen) atoms. The zero-order valence-electron chi connectivity index (χ0n) is 24.4. The maximum atomic E-state index is 14.0. The van der Waals surface area contributed by atoms with Gasteiger partial charge in [0.2, 0.25) is 0 Å². The van der Waals surface area contributed by atoms with Crippen molar-refractivity contribution in [1.82, 2.24) is 4.90 Å². The first kappa shape index (κ1) is 29.1. The summed E-state index contributed by atoms with van der Waals surface area (Å²) < 4.78 is 6.12. The van der Waals surface area contributed by atoms with Gasteiger partial charge in [0, 0.05) is 6.54 Å². The largest absolute Gasteiger partial charge is 0.444 e. The van der Waals surface area contributed by atoms with Gasteiger partial charge in [-0.1, -0.05) is 107 Å². The van der Waals surface area contributed by atoms with Crippen LogP contribution in [0.1, 0.15) is 103 Å². The quantitative estimate of drug-likeness (QED) is 0.327. The van der Waals surface area contributed by atoms with E-state index in [4.69, 9.17) is 4.74 Å². The molecular formula is C34H49NO2P2. The number of benzene rings is 2. The molecule has 1 unspecified atom stereocenters. The molecule has 3 nitrogen and oxygen atoms in total. The monoisotopic (exact) mass is 565 g/mol. The van der Waals surface area contributed by atoms with E-state index in [2.05, 4.69) is 74.8 Å². The van der Waals surface area contributed by atoms with Gasteiger partial charge in [-0.15, -0.1) is 9.24 Å². The number of nitrogens with zero attached hydrogens (tertiary/aromatic N) is 1. The molecule has 1 amide bonds. The lowest BCUT2D eigenvalue weighted by Gasteiger charge is -2.42. The van der Waals surface area contributed by atoms with E-state index in [0.717, 1.165) is 24.3 Å². The summed E-state index contributed by atoms with van der Waals surface area (Å²) in [6, 6.07) is 21.7. The second kappa shape index (κ2) is 12.6. The lowest BCUT2D eigenvalue weighted by molar-refractivity contribution is 0.0204. The van der Waals surface area contributed by atoms with Crippen LogP contribution in [0.3, 0.4) is 0 Å². The van der Waals surface area contributed by atoms with Crippen LogP contribution in [0.4, 0.5) is 4.79 Å². The second-order valence-electron chi connectivity index (χ2n) is 13.2. The SMILES string of the molecule is CC(C)(C)OC(=O)N1C[C@H](P(C2CCCCC2)C2CCCCC2)C[C@@H]1C(P)(c1ccccc1)c1ccccc1. The molecule has 0 radical (unpaired) electrons. The minimum Gasteiger partial charge on any atom is -0.444 e. The van der Waals surface area contributed by atoms with Gasteiger partial charge in [-0.25, -0.2) is 4.79 Å². The Morgan fingerprint density at radius 2 is 1.23 bits per heavy atom. The first-order chi connectivity index (χ1) is 18.8. The van der Waals surface area contributed by atoms with Gasteiger partial charge < -0.3 is 9.64 Å². The van der Waals surface area contributed by atoms with E-state index in [-0.39, 0.29) is 20.1 Å². The summed E-state index contributed by atoms with van der Waals surface area (Å²) in [5.41, 5.74) is 4.30.